The Kier molecular flexibility index (Phi) is 6.70. The van der Waals surface area contributed by atoms with Crippen molar-refractivity contribution < 1.29 is 8.58 Å². The molecule has 0 heterocycles. The van der Waals surface area contributed by atoms with Crippen molar-refractivity contribution in [1.29, 1.82) is 0 Å². The summed E-state index contributed by atoms with van der Waals surface area (Å²) < 4.78 is 4.80. The van der Waals surface area contributed by atoms with Gasteiger partial charge in [0.15, 0.2) is 0 Å². The molecule has 0 aliphatic heterocycles. The lowest BCUT2D eigenvalue weighted by Gasteiger charge is -2.12. The fourth-order valence-electron chi connectivity index (χ4n) is 1.11. The van der Waals surface area contributed by atoms with Gasteiger partial charge in [-0.25, -0.2) is 0 Å². The minimum absolute atomic E-state index is 0.00705. The first-order valence-electron chi connectivity index (χ1n) is 4.34. The third-order valence-corrected chi connectivity index (χ3v) is 2.34. The highest BCUT2D eigenvalue weighted by Gasteiger charge is 2.13. The monoisotopic (exact) mass is 172 g/mol. The van der Waals surface area contributed by atoms with Crippen LogP contribution in [0.15, 0.2) is 0 Å². The Morgan fingerprint density at radius 2 is 2.18 bits per heavy atom. The summed E-state index contributed by atoms with van der Waals surface area (Å²) in [6, 6.07) is 0. The van der Waals surface area contributed by atoms with Crippen molar-refractivity contribution >= 4 is 22.6 Å². The van der Waals surface area contributed by atoms with Gasteiger partial charge in [0, 0.05) is 0 Å². The van der Waals surface area contributed by atoms with Crippen LogP contribution in [0, 0.1) is 5.92 Å². The zero-order valence-electron chi connectivity index (χ0n) is 7.72. The fraction of sp³-hybridized carbons (Fsp3) is 0.875. The lowest BCUT2D eigenvalue weighted by atomic mass is 10.00. The topological polar surface area (TPSA) is 26.3 Å². The summed E-state index contributed by atoms with van der Waals surface area (Å²) in [4.78, 5) is 11.1. The summed E-state index contributed by atoms with van der Waals surface area (Å²) in [6.07, 6.45) is 4.20. The molecule has 0 saturated heterocycles. The van der Waals surface area contributed by atoms with Gasteiger partial charge in [-0.15, -0.1) is 0 Å². The summed E-state index contributed by atoms with van der Waals surface area (Å²) in [7, 11) is 0. The molecule has 0 N–H and O–H groups in total. The Labute approximate surface area is 77.1 Å². The molecule has 0 aromatic heterocycles. The molecule has 11 heavy (non-hydrogen) atoms. The molecule has 0 aromatic carbocycles. The van der Waals surface area contributed by atoms with E-state index < -0.39 is 0 Å². The van der Waals surface area contributed by atoms with E-state index >= 15 is 0 Å². The van der Waals surface area contributed by atoms with E-state index in [-0.39, 0.29) is 11.9 Å². The average molecular weight is 172 g/mol. The molecule has 0 spiro atoms. The maximum Gasteiger partial charge on any atom is 0.499 e. The number of hydrogen-bond acceptors (Lipinski definition) is 2. The lowest BCUT2D eigenvalue weighted by Crippen LogP contribution is -2.15. The molecule has 1 atom stereocenters. The van der Waals surface area contributed by atoms with Crippen molar-refractivity contribution in [2.75, 3.05) is 0 Å². The van der Waals surface area contributed by atoms with Crippen molar-refractivity contribution in [2.45, 2.75) is 39.5 Å². The van der Waals surface area contributed by atoms with Gasteiger partial charge in [-0.3, -0.25) is 4.79 Å². The van der Waals surface area contributed by atoms with Crippen LogP contribution in [-0.2, 0) is 8.58 Å². The highest BCUT2D eigenvalue weighted by Crippen LogP contribution is 2.13. The quantitative estimate of drug-likeness (QED) is 0.584. The molecular weight excluding hydrogens is 155 g/mol. The van der Waals surface area contributed by atoms with Crippen LogP contribution in [0.5, 0.6) is 0 Å². The standard InChI is InChI=1S/C8H16O2.Al.2H/c1-3-5-6-7(4-2)8(9)10;;;/h7H,3-6H2,1-2H3,(H,9,10);;;/q;+1;;/p-1. The molecule has 1 unspecified atom stereocenters. The summed E-state index contributed by atoms with van der Waals surface area (Å²) in [5.41, 5.74) is 0. The first-order chi connectivity index (χ1) is 5.26. The highest BCUT2D eigenvalue weighted by molar-refractivity contribution is 6.05. The zero-order chi connectivity index (χ0) is 8.69. The summed E-state index contributed by atoms with van der Waals surface area (Å²) in [5.74, 6) is 0.167. The third-order valence-electron chi connectivity index (χ3n) is 1.93. The molecule has 3 heteroatoms. The van der Waals surface area contributed by atoms with Gasteiger partial charge < -0.3 is 3.79 Å². The Bertz CT molecular complexity index is 115. The number of rotatable bonds is 5. The van der Waals surface area contributed by atoms with E-state index in [4.69, 9.17) is 3.79 Å². The predicted molar refractivity (Wildman–Crippen MR) is 47.9 cm³/mol. The van der Waals surface area contributed by atoms with Crippen LogP contribution in [0.25, 0.3) is 0 Å². The highest BCUT2D eigenvalue weighted by atomic mass is 27.1. The maximum atomic E-state index is 11.1. The van der Waals surface area contributed by atoms with Crippen LogP contribution >= 0.6 is 0 Å². The van der Waals surface area contributed by atoms with E-state index in [1.807, 2.05) is 6.92 Å². The Morgan fingerprint density at radius 1 is 1.55 bits per heavy atom. The van der Waals surface area contributed by atoms with Crippen molar-refractivity contribution in [3.63, 3.8) is 0 Å². The van der Waals surface area contributed by atoms with Gasteiger partial charge in [0.1, 0.15) is 0 Å². The molecule has 0 fully saturated rings. The second kappa shape index (κ2) is 6.70. The van der Waals surface area contributed by atoms with Gasteiger partial charge >= 0.3 is 16.6 Å². The summed E-state index contributed by atoms with van der Waals surface area (Å²) >= 11 is 0.534. The zero-order valence-corrected chi connectivity index (χ0v) is 9.72. The fourth-order valence-corrected chi connectivity index (χ4v) is 1.44. The van der Waals surface area contributed by atoms with Gasteiger partial charge in [0.25, 0.3) is 5.97 Å². The summed E-state index contributed by atoms with van der Waals surface area (Å²) in [6.45, 7) is 4.18. The van der Waals surface area contributed by atoms with Crippen molar-refractivity contribution in [3.05, 3.63) is 0 Å². The number of hydrogen-bond donors (Lipinski definition) is 0. The van der Waals surface area contributed by atoms with E-state index in [1.54, 1.807) is 0 Å². The van der Waals surface area contributed by atoms with Crippen LogP contribution in [0.2, 0.25) is 0 Å². The molecule has 0 aliphatic rings. The number of carbonyl (C=O) groups is 1. The molecule has 2 nitrogen and oxygen atoms in total. The molecule has 0 saturated carbocycles. The smallest absolute Gasteiger partial charge is 0.499 e. The van der Waals surface area contributed by atoms with Gasteiger partial charge in [0.05, 0.1) is 5.92 Å². The van der Waals surface area contributed by atoms with Gasteiger partial charge in [-0.2, -0.15) is 0 Å². The minimum Gasteiger partial charge on any atom is -0.621 e. The van der Waals surface area contributed by atoms with E-state index in [1.165, 1.54) is 0 Å². The van der Waals surface area contributed by atoms with E-state index in [2.05, 4.69) is 6.92 Å². The van der Waals surface area contributed by atoms with E-state index in [0.717, 1.165) is 25.7 Å². The average Bonchev–Trinajstić information content (AvgIpc) is 2.05. The Balaban J connectivity index is 3.65. The number of unbranched alkanes of at least 4 members (excludes halogenated alkanes) is 1. The van der Waals surface area contributed by atoms with Crippen molar-refractivity contribution in [3.8, 4) is 0 Å². The summed E-state index contributed by atoms with van der Waals surface area (Å²) in [5, 5.41) is 0. The van der Waals surface area contributed by atoms with Crippen LogP contribution in [-0.4, -0.2) is 22.6 Å². The molecule has 0 bridgehead atoms. The van der Waals surface area contributed by atoms with Crippen LogP contribution < -0.4 is 0 Å². The molecule has 0 aliphatic carbocycles. The Morgan fingerprint density at radius 3 is 2.55 bits per heavy atom. The van der Waals surface area contributed by atoms with Gasteiger partial charge in [-0.1, -0.05) is 26.7 Å². The largest absolute Gasteiger partial charge is 0.621 e. The Hall–Kier alpha value is 0.00247. The third kappa shape index (κ3) is 4.45. The second-order valence-electron chi connectivity index (χ2n) is 2.77. The maximum absolute atomic E-state index is 11.1. The molecular formula is C8H17AlO2. The predicted octanol–water partition coefficient (Wildman–Crippen LogP) is 1.29. The van der Waals surface area contributed by atoms with E-state index in [9.17, 15) is 4.79 Å². The normalized spacial score (nSPS) is 12.5. The molecule has 64 valence electrons. The molecule has 0 rings (SSSR count). The minimum atomic E-state index is 0.00705. The van der Waals surface area contributed by atoms with Crippen LogP contribution in [0.1, 0.15) is 39.5 Å². The second-order valence-corrected chi connectivity index (χ2v) is 3.18. The molecule has 0 aromatic rings. The first-order valence-corrected chi connectivity index (χ1v) is 5.15. The van der Waals surface area contributed by atoms with Gasteiger partial charge in [0.2, 0.25) is 0 Å². The van der Waals surface area contributed by atoms with Gasteiger partial charge in [-0.05, 0) is 12.8 Å². The SMILES string of the molecule is CCCCC(CC)C(=O)[O][AlH2]. The van der Waals surface area contributed by atoms with Crippen molar-refractivity contribution in [1.82, 2.24) is 0 Å². The van der Waals surface area contributed by atoms with Crippen molar-refractivity contribution in [2.24, 2.45) is 5.92 Å². The number of carbonyl (C=O) groups excluding carboxylic acids is 1. The molecule has 0 radical (unpaired) electrons. The molecule has 0 amide bonds. The van der Waals surface area contributed by atoms with Crippen LogP contribution in [0.4, 0.5) is 0 Å². The lowest BCUT2D eigenvalue weighted by molar-refractivity contribution is -0.138. The van der Waals surface area contributed by atoms with E-state index in [0.29, 0.717) is 16.6 Å². The van der Waals surface area contributed by atoms with Crippen LogP contribution in [0.3, 0.4) is 0 Å². The first kappa shape index (κ1) is 11.0.